The SMILES string of the molecule is Cc1ccc(-c2ncc3c(n2)CCC(C(=O)O)C3)cc1. The molecule has 0 radical (unpaired) electrons. The Balaban J connectivity index is 1.91. The molecule has 1 aromatic carbocycles. The molecule has 0 saturated carbocycles. The Bertz CT molecular complexity index is 650. The highest BCUT2D eigenvalue weighted by molar-refractivity contribution is 5.71. The number of hydrogen-bond acceptors (Lipinski definition) is 3. The lowest BCUT2D eigenvalue weighted by Crippen LogP contribution is -2.23. The summed E-state index contributed by atoms with van der Waals surface area (Å²) >= 11 is 0. The summed E-state index contributed by atoms with van der Waals surface area (Å²) in [6.07, 6.45) is 3.70. The van der Waals surface area contributed by atoms with E-state index in [0.29, 0.717) is 19.3 Å². The summed E-state index contributed by atoms with van der Waals surface area (Å²) < 4.78 is 0. The second-order valence-corrected chi connectivity index (χ2v) is 5.31. The van der Waals surface area contributed by atoms with E-state index in [1.807, 2.05) is 31.2 Å². The zero-order valence-electron chi connectivity index (χ0n) is 11.3. The molecule has 20 heavy (non-hydrogen) atoms. The summed E-state index contributed by atoms with van der Waals surface area (Å²) in [5.74, 6) is -0.299. The molecule has 4 nitrogen and oxygen atoms in total. The van der Waals surface area contributed by atoms with Crippen LogP contribution in [0.5, 0.6) is 0 Å². The Hall–Kier alpha value is -2.23. The number of aromatic nitrogens is 2. The third kappa shape index (κ3) is 2.41. The maximum absolute atomic E-state index is 11.0. The van der Waals surface area contributed by atoms with Gasteiger partial charge in [-0.15, -0.1) is 0 Å². The van der Waals surface area contributed by atoms with Crippen LogP contribution in [0.1, 0.15) is 23.2 Å². The molecule has 1 aromatic heterocycles. The van der Waals surface area contributed by atoms with Crippen LogP contribution in [0.15, 0.2) is 30.5 Å². The van der Waals surface area contributed by atoms with Crippen molar-refractivity contribution in [3.63, 3.8) is 0 Å². The molecule has 2 aromatic rings. The molecule has 4 heteroatoms. The minimum Gasteiger partial charge on any atom is -0.481 e. The van der Waals surface area contributed by atoms with Gasteiger partial charge in [-0.25, -0.2) is 9.97 Å². The molecule has 0 aliphatic heterocycles. The number of nitrogens with zero attached hydrogens (tertiary/aromatic N) is 2. The van der Waals surface area contributed by atoms with Gasteiger partial charge < -0.3 is 5.11 Å². The molecule has 0 saturated heterocycles. The molecule has 1 aliphatic rings. The fourth-order valence-corrected chi connectivity index (χ4v) is 2.56. The van der Waals surface area contributed by atoms with Gasteiger partial charge in [0.05, 0.1) is 5.92 Å². The lowest BCUT2D eigenvalue weighted by atomic mass is 9.87. The van der Waals surface area contributed by atoms with Gasteiger partial charge in [0.15, 0.2) is 5.82 Å². The molecule has 1 N–H and O–H groups in total. The van der Waals surface area contributed by atoms with E-state index in [1.54, 1.807) is 6.20 Å². The summed E-state index contributed by atoms with van der Waals surface area (Å²) in [6, 6.07) is 8.11. The predicted octanol–water partition coefficient (Wildman–Crippen LogP) is 2.64. The molecule has 0 bridgehead atoms. The van der Waals surface area contributed by atoms with E-state index in [2.05, 4.69) is 9.97 Å². The van der Waals surface area contributed by atoms with Gasteiger partial charge in [0.1, 0.15) is 0 Å². The van der Waals surface area contributed by atoms with Crippen LogP contribution in [-0.4, -0.2) is 21.0 Å². The number of aryl methyl sites for hydroxylation is 2. The van der Waals surface area contributed by atoms with Crippen molar-refractivity contribution in [2.24, 2.45) is 5.92 Å². The number of carbonyl (C=O) groups is 1. The third-order valence-corrected chi connectivity index (χ3v) is 3.81. The van der Waals surface area contributed by atoms with Crippen LogP contribution in [0.2, 0.25) is 0 Å². The summed E-state index contributed by atoms with van der Waals surface area (Å²) in [5, 5.41) is 9.08. The summed E-state index contributed by atoms with van der Waals surface area (Å²) in [7, 11) is 0. The monoisotopic (exact) mass is 268 g/mol. The standard InChI is InChI=1S/C16H16N2O2/c1-10-2-4-11(5-3-10)15-17-9-13-8-12(16(19)20)6-7-14(13)18-15/h2-5,9,12H,6-8H2,1H3,(H,19,20). The molecule has 1 aliphatic carbocycles. The number of rotatable bonds is 2. The van der Waals surface area contributed by atoms with E-state index in [-0.39, 0.29) is 5.92 Å². The van der Waals surface area contributed by atoms with Crippen LogP contribution in [0.25, 0.3) is 11.4 Å². The van der Waals surface area contributed by atoms with Crippen molar-refractivity contribution in [3.8, 4) is 11.4 Å². The molecule has 1 heterocycles. The highest BCUT2D eigenvalue weighted by atomic mass is 16.4. The first kappa shape index (κ1) is 12.8. The van der Waals surface area contributed by atoms with Gasteiger partial charge in [0.2, 0.25) is 0 Å². The van der Waals surface area contributed by atoms with Gasteiger partial charge in [0.25, 0.3) is 0 Å². The van der Waals surface area contributed by atoms with Gasteiger partial charge in [-0.3, -0.25) is 4.79 Å². The summed E-state index contributed by atoms with van der Waals surface area (Å²) in [5.41, 5.74) is 4.17. The maximum atomic E-state index is 11.0. The number of hydrogen-bond donors (Lipinski definition) is 1. The van der Waals surface area contributed by atoms with Crippen molar-refractivity contribution in [3.05, 3.63) is 47.3 Å². The molecular formula is C16H16N2O2. The zero-order valence-corrected chi connectivity index (χ0v) is 11.3. The van der Waals surface area contributed by atoms with Gasteiger partial charge >= 0.3 is 5.97 Å². The Kier molecular flexibility index (Phi) is 3.22. The lowest BCUT2D eigenvalue weighted by Gasteiger charge is -2.20. The van der Waals surface area contributed by atoms with E-state index >= 15 is 0 Å². The predicted molar refractivity (Wildman–Crippen MR) is 75.4 cm³/mol. The van der Waals surface area contributed by atoms with Crippen molar-refractivity contribution in [2.75, 3.05) is 0 Å². The Morgan fingerprint density at radius 3 is 2.75 bits per heavy atom. The Labute approximate surface area is 117 Å². The smallest absolute Gasteiger partial charge is 0.306 e. The highest BCUT2D eigenvalue weighted by Crippen LogP contribution is 2.26. The minimum absolute atomic E-state index is 0.295. The Morgan fingerprint density at radius 1 is 1.30 bits per heavy atom. The van der Waals surface area contributed by atoms with E-state index in [0.717, 1.165) is 22.6 Å². The topological polar surface area (TPSA) is 63.1 Å². The van der Waals surface area contributed by atoms with Crippen LogP contribution in [0.3, 0.4) is 0 Å². The molecule has 1 unspecified atom stereocenters. The average molecular weight is 268 g/mol. The average Bonchev–Trinajstić information content (AvgIpc) is 2.47. The van der Waals surface area contributed by atoms with Gasteiger partial charge in [-0.05, 0) is 31.7 Å². The first-order chi connectivity index (χ1) is 9.63. The number of fused-ring (bicyclic) bond motifs is 1. The lowest BCUT2D eigenvalue weighted by molar-refractivity contribution is -0.142. The zero-order chi connectivity index (χ0) is 14.1. The number of carboxylic acids is 1. The molecule has 102 valence electrons. The van der Waals surface area contributed by atoms with E-state index in [1.165, 1.54) is 5.56 Å². The fourth-order valence-electron chi connectivity index (χ4n) is 2.56. The van der Waals surface area contributed by atoms with Crippen molar-refractivity contribution in [2.45, 2.75) is 26.2 Å². The molecule has 0 spiro atoms. The van der Waals surface area contributed by atoms with E-state index in [9.17, 15) is 4.79 Å². The Morgan fingerprint density at radius 2 is 2.05 bits per heavy atom. The normalized spacial score (nSPS) is 17.6. The van der Waals surface area contributed by atoms with Gasteiger partial charge in [-0.2, -0.15) is 0 Å². The fraction of sp³-hybridized carbons (Fsp3) is 0.312. The number of aliphatic carboxylic acids is 1. The van der Waals surface area contributed by atoms with Crippen LogP contribution in [-0.2, 0) is 17.6 Å². The molecule has 1 atom stereocenters. The van der Waals surface area contributed by atoms with Crippen molar-refractivity contribution in [1.82, 2.24) is 9.97 Å². The molecular weight excluding hydrogens is 252 g/mol. The van der Waals surface area contributed by atoms with Crippen LogP contribution < -0.4 is 0 Å². The summed E-state index contributed by atoms with van der Waals surface area (Å²) in [4.78, 5) is 20.0. The van der Waals surface area contributed by atoms with Crippen LogP contribution in [0.4, 0.5) is 0 Å². The summed E-state index contributed by atoms with van der Waals surface area (Å²) in [6.45, 7) is 2.05. The van der Waals surface area contributed by atoms with Crippen molar-refractivity contribution in [1.29, 1.82) is 0 Å². The highest BCUT2D eigenvalue weighted by Gasteiger charge is 2.25. The van der Waals surface area contributed by atoms with Gasteiger partial charge in [0, 0.05) is 17.5 Å². The maximum Gasteiger partial charge on any atom is 0.306 e. The van der Waals surface area contributed by atoms with Crippen LogP contribution in [0, 0.1) is 12.8 Å². The first-order valence-electron chi connectivity index (χ1n) is 6.78. The van der Waals surface area contributed by atoms with Crippen LogP contribution >= 0.6 is 0 Å². The first-order valence-corrected chi connectivity index (χ1v) is 6.78. The van der Waals surface area contributed by atoms with Gasteiger partial charge in [-0.1, -0.05) is 29.8 Å². The van der Waals surface area contributed by atoms with E-state index in [4.69, 9.17) is 5.11 Å². The number of carboxylic acid groups (broad SMARTS) is 1. The van der Waals surface area contributed by atoms with Crippen molar-refractivity contribution >= 4 is 5.97 Å². The number of benzene rings is 1. The quantitative estimate of drug-likeness (QED) is 0.909. The largest absolute Gasteiger partial charge is 0.481 e. The minimum atomic E-state index is -0.724. The second kappa shape index (κ2) is 5.04. The second-order valence-electron chi connectivity index (χ2n) is 5.31. The van der Waals surface area contributed by atoms with Crippen molar-refractivity contribution < 1.29 is 9.90 Å². The molecule has 0 fully saturated rings. The van der Waals surface area contributed by atoms with E-state index < -0.39 is 5.97 Å². The molecule has 3 rings (SSSR count). The third-order valence-electron chi connectivity index (χ3n) is 3.81. The molecule has 0 amide bonds.